The SMILES string of the molecule is COC(=O)N1CCC(Nc2nc(-c3cc(OCC(O)CN(C)C)ccc3Cl)nc(-c3c(C)noc3C)c2C)CC1C. The molecule has 0 aliphatic carbocycles. The third kappa shape index (κ3) is 7.09. The first kappa shape index (κ1) is 30.5. The van der Waals surface area contributed by atoms with Crippen molar-refractivity contribution in [1.29, 1.82) is 0 Å². The lowest BCUT2D eigenvalue weighted by Gasteiger charge is -2.37. The molecule has 1 aliphatic rings. The molecule has 222 valence electrons. The van der Waals surface area contributed by atoms with E-state index >= 15 is 0 Å². The average Bonchev–Trinajstić information content (AvgIpc) is 3.26. The summed E-state index contributed by atoms with van der Waals surface area (Å²) in [4.78, 5) is 25.6. The van der Waals surface area contributed by atoms with Crippen molar-refractivity contribution in [2.75, 3.05) is 46.2 Å². The maximum atomic E-state index is 12.1. The molecule has 3 unspecified atom stereocenters. The van der Waals surface area contributed by atoms with Gasteiger partial charge in [0.05, 0.1) is 29.1 Å². The maximum Gasteiger partial charge on any atom is 0.409 e. The molecule has 3 heterocycles. The summed E-state index contributed by atoms with van der Waals surface area (Å²) in [5.74, 6) is 2.28. The van der Waals surface area contributed by atoms with Crippen molar-refractivity contribution in [3.05, 3.63) is 40.2 Å². The number of likely N-dealkylation sites (tertiary alicyclic amines) is 1. The van der Waals surface area contributed by atoms with Crippen LogP contribution in [0.1, 0.15) is 36.8 Å². The van der Waals surface area contributed by atoms with Crippen LogP contribution < -0.4 is 10.1 Å². The summed E-state index contributed by atoms with van der Waals surface area (Å²) in [5.41, 5.74) is 3.66. The lowest BCUT2D eigenvalue weighted by atomic mass is 9.98. The predicted molar refractivity (Wildman–Crippen MR) is 157 cm³/mol. The van der Waals surface area contributed by atoms with E-state index in [4.69, 9.17) is 35.6 Å². The highest BCUT2D eigenvalue weighted by molar-refractivity contribution is 6.33. The fourth-order valence-corrected chi connectivity index (χ4v) is 5.36. The number of aliphatic hydroxyl groups excluding tert-OH is 1. The van der Waals surface area contributed by atoms with Crippen molar-refractivity contribution in [3.63, 3.8) is 0 Å². The molecular formula is C29H39ClN6O5. The van der Waals surface area contributed by atoms with E-state index in [0.717, 1.165) is 29.7 Å². The van der Waals surface area contributed by atoms with Crippen LogP contribution in [0.15, 0.2) is 22.7 Å². The molecule has 1 amide bonds. The molecule has 0 radical (unpaired) electrons. The van der Waals surface area contributed by atoms with E-state index in [1.807, 2.05) is 46.7 Å². The van der Waals surface area contributed by atoms with Crippen molar-refractivity contribution < 1.29 is 23.9 Å². The number of rotatable bonds is 9. The number of anilines is 1. The molecule has 41 heavy (non-hydrogen) atoms. The minimum absolute atomic E-state index is 0.00321. The molecule has 2 aromatic heterocycles. The van der Waals surface area contributed by atoms with E-state index in [1.165, 1.54) is 7.11 Å². The third-order valence-corrected chi connectivity index (χ3v) is 7.57. The van der Waals surface area contributed by atoms with Gasteiger partial charge in [-0.1, -0.05) is 16.8 Å². The Morgan fingerprint density at radius 1 is 1.29 bits per heavy atom. The number of amides is 1. The van der Waals surface area contributed by atoms with Gasteiger partial charge >= 0.3 is 6.09 Å². The molecule has 0 bridgehead atoms. The minimum Gasteiger partial charge on any atom is -0.491 e. The van der Waals surface area contributed by atoms with Crippen LogP contribution in [-0.4, -0.2) is 95.2 Å². The molecule has 1 aliphatic heterocycles. The van der Waals surface area contributed by atoms with Crippen LogP contribution in [-0.2, 0) is 4.74 Å². The molecule has 2 N–H and O–H groups in total. The highest BCUT2D eigenvalue weighted by atomic mass is 35.5. The predicted octanol–water partition coefficient (Wildman–Crippen LogP) is 4.71. The van der Waals surface area contributed by atoms with Gasteiger partial charge in [0.25, 0.3) is 0 Å². The molecule has 3 atom stereocenters. The lowest BCUT2D eigenvalue weighted by molar-refractivity contribution is 0.0831. The smallest absolute Gasteiger partial charge is 0.409 e. The molecule has 0 saturated carbocycles. The number of carbonyl (C=O) groups is 1. The van der Waals surface area contributed by atoms with Crippen LogP contribution in [0.4, 0.5) is 10.6 Å². The van der Waals surface area contributed by atoms with Crippen LogP contribution in [0.25, 0.3) is 22.6 Å². The van der Waals surface area contributed by atoms with Crippen molar-refractivity contribution >= 4 is 23.5 Å². The number of piperidine rings is 1. The highest BCUT2D eigenvalue weighted by Crippen LogP contribution is 2.36. The number of hydrogen-bond acceptors (Lipinski definition) is 10. The number of likely N-dealkylation sites (N-methyl/N-ethyl adjacent to an activating group) is 1. The van der Waals surface area contributed by atoms with Gasteiger partial charge in [0.15, 0.2) is 5.82 Å². The molecule has 11 nitrogen and oxygen atoms in total. The normalized spacial score (nSPS) is 18.0. The lowest BCUT2D eigenvalue weighted by Crippen LogP contribution is -2.48. The second-order valence-electron chi connectivity index (χ2n) is 10.8. The van der Waals surface area contributed by atoms with Crippen LogP contribution in [0.5, 0.6) is 5.75 Å². The summed E-state index contributed by atoms with van der Waals surface area (Å²) in [6, 6.07) is 5.36. The van der Waals surface area contributed by atoms with E-state index in [2.05, 4.69) is 10.5 Å². The van der Waals surface area contributed by atoms with Crippen LogP contribution >= 0.6 is 11.6 Å². The maximum absolute atomic E-state index is 12.1. The Morgan fingerprint density at radius 2 is 2.05 bits per heavy atom. The first-order valence-electron chi connectivity index (χ1n) is 13.7. The number of aryl methyl sites for hydroxylation is 2. The molecule has 1 fully saturated rings. The van der Waals surface area contributed by atoms with E-state index in [1.54, 1.807) is 23.1 Å². The summed E-state index contributed by atoms with van der Waals surface area (Å²) in [6.07, 6.45) is 0.504. The second-order valence-corrected chi connectivity index (χ2v) is 11.2. The molecule has 1 saturated heterocycles. The van der Waals surface area contributed by atoms with Gasteiger partial charge in [-0.15, -0.1) is 0 Å². The summed E-state index contributed by atoms with van der Waals surface area (Å²) in [5, 5.41) is 18.5. The Morgan fingerprint density at radius 3 is 2.68 bits per heavy atom. The minimum atomic E-state index is -0.644. The summed E-state index contributed by atoms with van der Waals surface area (Å²) < 4.78 is 16.3. The summed E-state index contributed by atoms with van der Waals surface area (Å²) in [7, 11) is 5.19. The number of carbonyl (C=O) groups excluding carboxylic acids is 1. The monoisotopic (exact) mass is 586 g/mol. The first-order valence-corrected chi connectivity index (χ1v) is 14.0. The quantitative estimate of drug-likeness (QED) is 0.364. The number of aromatic nitrogens is 3. The fourth-order valence-electron chi connectivity index (χ4n) is 5.16. The number of benzene rings is 1. The number of hydrogen-bond donors (Lipinski definition) is 2. The van der Waals surface area contributed by atoms with Gasteiger partial charge in [-0.2, -0.15) is 0 Å². The highest BCUT2D eigenvalue weighted by Gasteiger charge is 2.30. The molecule has 12 heteroatoms. The van der Waals surface area contributed by atoms with Crippen molar-refractivity contribution in [2.24, 2.45) is 0 Å². The number of nitrogens with zero attached hydrogens (tertiary/aromatic N) is 5. The zero-order valence-corrected chi connectivity index (χ0v) is 25.4. The van der Waals surface area contributed by atoms with Crippen LogP contribution in [0.3, 0.4) is 0 Å². The molecule has 1 aromatic carbocycles. The Labute approximate surface area is 245 Å². The van der Waals surface area contributed by atoms with E-state index in [0.29, 0.717) is 52.5 Å². The zero-order valence-electron chi connectivity index (χ0n) is 24.7. The van der Waals surface area contributed by atoms with Gasteiger partial charge < -0.3 is 34.2 Å². The number of halogens is 1. The Bertz CT molecular complexity index is 1360. The summed E-state index contributed by atoms with van der Waals surface area (Å²) in [6.45, 7) is 8.90. The van der Waals surface area contributed by atoms with Crippen molar-refractivity contribution in [1.82, 2.24) is 24.9 Å². The number of ether oxygens (including phenoxy) is 2. The second kappa shape index (κ2) is 13.1. The van der Waals surface area contributed by atoms with Crippen LogP contribution in [0, 0.1) is 20.8 Å². The van der Waals surface area contributed by atoms with Crippen molar-refractivity contribution in [2.45, 2.75) is 58.7 Å². The van der Waals surface area contributed by atoms with E-state index < -0.39 is 6.10 Å². The first-order chi connectivity index (χ1) is 19.5. The molecule has 3 aromatic rings. The molecular weight excluding hydrogens is 548 g/mol. The Kier molecular flexibility index (Phi) is 9.72. The number of aliphatic hydroxyl groups is 1. The Hall–Kier alpha value is -3.41. The molecule has 0 spiro atoms. The standard InChI is InChI=1S/C29H39ClN6O5/c1-16-12-20(10-11-36(16)29(38)39-7)31-27-17(2)26(25-18(3)34-41-19(25)4)32-28(33-27)23-13-22(8-9-24(23)30)40-15-21(37)14-35(5)6/h8-9,13,16,20-21,37H,10-12,14-15H2,1-7H3,(H,31,32,33). The van der Waals surface area contributed by atoms with Crippen molar-refractivity contribution in [3.8, 4) is 28.4 Å². The van der Waals surface area contributed by atoms with Gasteiger partial charge in [0.2, 0.25) is 0 Å². The topological polar surface area (TPSA) is 126 Å². The number of nitrogens with one attached hydrogen (secondary N) is 1. The van der Waals surface area contributed by atoms with E-state index in [-0.39, 0.29) is 24.8 Å². The van der Waals surface area contributed by atoms with E-state index in [9.17, 15) is 9.90 Å². The van der Waals surface area contributed by atoms with Crippen LogP contribution in [0.2, 0.25) is 5.02 Å². The van der Waals surface area contributed by atoms with Gasteiger partial charge in [0.1, 0.15) is 30.0 Å². The Balaban J connectivity index is 1.70. The van der Waals surface area contributed by atoms with Gasteiger partial charge in [-0.05, 0) is 72.8 Å². The molecule has 4 rings (SSSR count). The van der Waals surface area contributed by atoms with Gasteiger partial charge in [0, 0.05) is 36.3 Å². The fraction of sp³-hybridized carbons (Fsp3) is 0.517. The van der Waals surface area contributed by atoms with Gasteiger partial charge in [-0.3, -0.25) is 0 Å². The average molecular weight is 587 g/mol. The summed E-state index contributed by atoms with van der Waals surface area (Å²) >= 11 is 6.67. The number of methoxy groups -OCH3 is 1. The largest absolute Gasteiger partial charge is 0.491 e. The van der Waals surface area contributed by atoms with Gasteiger partial charge in [-0.25, -0.2) is 14.8 Å². The third-order valence-electron chi connectivity index (χ3n) is 7.24. The zero-order chi connectivity index (χ0) is 29.8.